The van der Waals surface area contributed by atoms with Gasteiger partial charge in [0.05, 0.1) is 0 Å². The minimum atomic E-state index is -0.428. The molecule has 0 unspecified atom stereocenters. The number of nitrogens with zero attached hydrogens (tertiary/aromatic N) is 3. The second-order valence-corrected chi connectivity index (χ2v) is 6.46. The van der Waals surface area contributed by atoms with Gasteiger partial charge in [0.2, 0.25) is 0 Å². The Hall–Kier alpha value is -1.76. The Balaban J connectivity index is 2.45. The number of H-pyrrole nitrogens is 1. The van der Waals surface area contributed by atoms with Crippen molar-refractivity contribution < 1.29 is 0 Å². The van der Waals surface area contributed by atoms with Crippen LogP contribution in [0.1, 0.15) is 39.5 Å². The first-order valence-corrected chi connectivity index (χ1v) is 9.02. The molecular weight excluding hydrogens is 312 g/mol. The summed E-state index contributed by atoms with van der Waals surface area (Å²) in [6.07, 6.45) is 8.52. The predicted octanol–water partition coefficient (Wildman–Crippen LogP) is 2.67. The molecule has 2 heterocycles. The lowest BCUT2D eigenvalue weighted by molar-refractivity contribution is 0.562. The highest BCUT2D eigenvalue weighted by atomic mass is 32.2. The molecule has 2 aromatic rings. The third-order valence-electron chi connectivity index (χ3n) is 3.75. The highest BCUT2D eigenvalue weighted by Crippen LogP contribution is 2.22. The van der Waals surface area contributed by atoms with Gasteiger partial charge in [0.15, 0.2) is 16.3 Å². The molecule has 0 aromatic carbocycles. The van der Waals surface area contributed by atoms with Crippen molar-refractivity contribution in [2.45, 2.75) is 51.2 Å². The fourth-order valence-electron chi connectivity index (χ4n) is 2.45. The van der Waals surface area contributed by atoms with Crippen molar-refractivity contribution in [2.24, 2.45) is 7.05 Å². The van der Waals surface area contributed by atoms with Crippen LogP contribution in [0, 0.1) is 0 Å². The van der Waals surface area contributed by atoms with E-state index in [2.05, 4.69) is 23.0 Å². The third-order valence-corrected chi connectivity index (χ3v) is 4.68. The lowest BCUT2D eigenvalue weighted by Crippen LogP contribution is -2.29. The molecule has 0 aliphatic carbocycles. The van der Waals surface area contributed by atoms with E-state index in [-0.39, 0.29) is 5.56 Å². The van der Waals surface area contributed by atoms with Gasteiger partial charge in [0, 0.05) is 19.3 Å². The summed E-state index contributed by atoms with van der Waals surface area (Å²) in [4.78, 5) is 30.9. The lowest BCUT2D eigenvalue weighted by Gasteiger charge is -2.07. The van der Waals surface area contributed by atoms with Gasteiger partial charge < -0.3 is 4.57 Å². The summed E-state index contributed by atoms with van der Waals surface area (Å²) in [6, 6.07) is 0. The first kappa shape index (κ1) is 17.6. The fraction of sp³-hybridized carbons (Fsp3) is 0.562. The summed E-state index contributed by atoms with van der Waals surface area (Å²) in [6.45, 7) is 4.89. The summed E-state index contributed by atoms with van der Waals surface area (Å²) >= 11 is 1.58. The van der Waals surface area contributed by atoms with E-state index in [0.29, 0.717) is 11.2 Å². The van der Waals surface area contributed by atoms with E-state index < -0.39 is 5.69 Å². The van der Waals surface area contributed by atoms with Crippen LogP contribution >= 0.6 is 11.8 Å². The third kappa shape index (κ3) is 3.96. The standard InChI is InChI=1S/C16H24N4O2S/c1-4-6-8-9-10-20-12-13(17-16(20)23-11-7-5-2)19(3)15(22)18-14(12)21/h5,7H,4,6,8-11H2,1-3H3,(H,18,21,22)/b7-5-. The van der Waals surface area contributed by atoms with Crippen LogP contribution in [-0.2, 0) is 13.6 Å². The van der Waals surface area contributed by atoms with Crippen LogP contribution in [0.5, 0.6) is 0 Å². The number of allylic oxidation sites excluding steroid dienone is 1. The van der Waals surface area contributed by atoms with Crippen molar-refractivity contribution in [2.75, 3.05) is 5.75 Å². The van der Waals surface area contributed by atoms with Gasteiger partial charge in [0.25, 0.3) is 5.56 Å². The second kappa shape index (κ2) is 8.19. The zero-order valence-corrected chi connectivity index (χ0v) is 14.8. The number of thioether (sulfide) groups is 1. The summed E-state index contributed by atoms with van der Waals surface area (Å²) in [5, 5.41) is 0.793. The number of aromatic amines is 1. The van der Waals surface area contributed by atoms with Gasteiger partial charge in [-0.15, -0.1) is 0 Å². The van der Waals surface area contributed by atoms with Gasteiger partial charge in [-0.2, -0.15) is 0 Å². The Morgan fingerprint density at radius 2 is 2.04 bits per heavy atom. The van der Waals surface area contributed by atoms with E-state index >= 15 is 0 Å². The van der Waals surface area contributed by atoms with Crippen molar-refractivity contribution in [3.8, 4) is 0 Å². The van der Waals surface area contributed by atoms with Crippen LogP contribution in [0.15, 0.2) is 26.9 Å². The van der Waals surface area contributed by atoms with Gasteiger partial charge >= 0.3 is 5.69 Å². The second-order valence-electron chi connectivity index (χ2n) is 5.48. The monoisotopic (exact) mass is 336 g/mol. The molecule has 23 heavy (non-hydrogen) atoms. The van der Waals surface area contributed by atoms with Crippen LogP contribution in [-0.4, -0.2) is 24.9 Å². The van der Waals surface area contributed by atoms with Crippen molar-refractivity contribution >= 4 is 22.9 Å². The maximum atomic E-state index is 12.3. The van der Waals surface area contributed by atoms with Crippen LogP contribution in [0.2, 0.25) is 0 Å². The van der Waals surface area contributed by atoms with Crippen LogP contribution in [0.4, 0.5) is 0 Å². The SMILES string of the molecule is C/C=C\CSc1nc2c(c(=O)[nH]c(=O)n2C)n1CCCCCC. The summed E-state index contributed by atoms with van der Waals surface area (Å²) in [5.41, 5.74) is 0.163. The van der Waals surface area contributed by atoms with E-state index in [1.807, 2.05) is 17.6 Å². The summed E-state index contributed by atoms with van der Waals surface area (Å²) in [5.74, 6) is 0.792. The van der Waals surface area contributed by atoms with E-state index in [4.69, 9.17) is 0 Å². The average Bonchev–Trinajstić information content (AvgIpc) is 2.89. The van der Waals surface area contributed by atoms with Crippen molar-refractivity contribution in [1.82, 2.24) is 19.1 Å². The molecule has 2 rings (SSSR count). The van der Waals surface area contributed by atoms with E-state index in [1.54, 1.807) is 18.8 Å². The topological polar surface area (TPSA) is 72.7 Å². The first-order chi connectivity index (χ1) is 11.1. The normalized spacial score (nSPS) is 11.8. The Morgan fingerprint density at radius 3 is 2.74 bits per heavy atom. The molecule has 0 bridgehead atoms. The van der Waals surface area contributed by atoms with Gasteiger partial charge in [-0.25, -0.2) is 9.78 Å². The lowest BCUT2D eigenvalue weighted by atomic mass is 10.2. The highest BCUT2D eigenvalue weighted by molar-refractivity contribution is 7.99. The molecule has 126 valence electrons. The maximum absolute atomic E-state index is 12.3. The summed E-state index contributed by atoms with van der Waals surface area (Å²) in [7, 11) is 1.63. The molecule has 7 heteroatoms. The Labute approximate surface area is 139 Å². The van der Waals surface area contributed by atoms with Gasteiger partial charge in [-0.1, -0.05) is 50.1 Å². The number of aromatic nitrogens is 4. The molecule has 0 saturated carbocycles. The molecule has 0 spiro atoms. The number of aryl methyl sites for hydroxylation is 2. The smallest absolute Gasteiger partial charge is 0.313 e. The largest absolute Gasteiger partial charge is 0.329 e. The Bertz CT molecular complexity index is 801. The molecule has 0 fully saturated rings. The number of hydrogen-bond donors (Lipinski definition) is 1. The number of imidazole rings is 1. The van der Waals surface area contributed by atoms with E-state index in [0.717, 1.165) is 30.3 Å². The van der Waals surface area contributed by atoms with Crippen molar-refractivity contribution in [3.63, 3.8) is 0 Å². The van der Waals surface area contributed by atoms with Crippen molar-refractivity contribution in [3.05, 3.63) is 33.0 Å². The van der Waals surface area contributed by atoms with Crippen LogP contribution in [0.25, 0.3) is 11.2 Å². The molecule has 6 nitrogen and oxygen atoms in total. The molecular formula is C16H24N4O2S. The average molecular weight is 336 g/mol. The zero-order chi connectivity index (χ0) is 16.8. The van der Waals surface area contributed by atoms with Gasteiger partial charge in [-0.3, -0.25) is 14.3 Å². The number of nitrogens with one attached hydrogen (secondary N) is 1. The van der Waals surface area contributed by atoms with Gasteiger partial charge in [-0.05, 0) is 13.3 Å². The maximum Gasteiger partial charge on any atom is 0.329 e. The zero-order valence-electron chi connectivity index (χ0n) is 14.0. The predicted molar refractivity (Wildman–Crippen MR) is 95.3 cm³/mol. The fourth-order valence-corrected chi connectivity index (χ4v) is 3.37. The number of hydrogen-bond acceptors (Lipinski definition) is 4. The van der Waals surface area contributed by atoms with Crippen molar-refractivity contribution in [1.29, 1.82) is 0 Å². The highest BCUT2D eigenvalue weighted by Gasteiger charge is 2.16. The molecule has 0 radical (unpaired) electrons. The Kier molecular flexibility index (Phi) is 6.27. The van der Waals surface area contributed by atoms with Crippen LogP contribution in [0.3, 0.4) is 0 Å². The van der Waals surface area contributed by atoms with Gasteiger partial charge in [0.1, 0.15) is 0 Å². The molecule has 0 aliphatic heterocycles. The molecule has 0 atom stereocenters. The first-order valence-electron chi connectivity index (χ1n) is 8.03. The summed E-state index contributed by atoms with van der Waals surface area (Å²) < 4.78 is 3.36. The van der Waals surface area contributed by atoms with Crippen LogP contribution < -0.4 is 11.2 Å². The number of rotatable bonds is 8. The number of fused-ring (bicyclic) bond motifs is 1. The minimum Gasteiger partial charge on any atom is -0.313 e. The number of unbranched alkanes of at least 4 members (excludes halogenated alkanes) is 3. The van der Waals surface area contributed by atoms with E-state index in [9.17, 15) is 9.59 Å². The molecule has 0 saturated heterocycles. The molecule has 0 amide bonds. The quantitative estimate of drug-likeness (QED) is 0.457. The van der Waals surface area contributed by atoms with E-state index in [1.165, 1.54) is 17.4 Å². The minimum absolute atomic E-state index is 0.357. The molecule has 1 N–H and O–H groups in total. The Morgan fingerprint density at radius 1 is 1.26 bits per heavy atom. The molecule has 0 aliphatic rings. The molecule has 2 aromatic heterocycles.